The molecule has 0 amide bonds. The monoisotopic (exact) mass is 335 g/mol. The van der Waals surface area contributed by atoms with Gasteiger partial charge in [0.1, 0.15) is 0 Å². The van der Waals surface area contributed by atoms with Gasteiger partial charge in [0.05, 0.1) is 9.79 Å². The molecule has 0 aliphatic carbocycles. The van der Waals surface area contributed by atoms with Crippen LogP contribution in [0.25, 0.3) is 0 Å². The Morgan fingerprint density at radius 1 is 1.14 bits per heavy atom. The number of benzene rings is 1. The largest absolute Gasteiger partial charge is 0.318 e. The molecule has 9 heteroatoms. The fourth-order valence-electron chi connectivity index (χ4n) is 1.76. The molecule has 7 nitrogen and oxygen atoms in total. The Bertz CT molecular complexity index is 699. The van der Waals surface area contributed by atoms with Crippen LogP contribution >= 0.6 is 0 Å². The molecule has 0 bridgehead atoms. The van der Waals surface area contributed by atoms with Gasteiger partial charge in [-0.3, -0.25) is 0 Å². The first-order valence-corrected chi connectivity index (χ1v) is 9.24. The van der Waals surface area contributed by atoms with E-state index in [2.05, 4.69) is 10.0 Å². The molecule has 0 aliphatic rings. The Balaban J connectivity index is 3.20. The summed E-state index contributed by atoms with van der Waals surface area (Å²) in [6.45, 7) is 2.42. The summed E-state index contributed by atoms with van der Waals surface area (Å²) in [5.74, 6) is 0. The topological polar surface area (TPSA) is 95.6 Å². The Labute approximate surface area is 126 Å². The summed E-state index contributed by atoms with van der Waals surface area (Å²) < 4.78 is 51.7. The van der Waals surface area contributed by atoms with Gasteiger partial charge in [0.2, 0.25) is 20.0 Å². The molecule has 0 aromatic heterocycles. The Kier molecular flexibility index (Phi) is 5.88. The van der Waals surface area contributed by atoms with E-state index in [1.807, 2.05) is 0 Å². The predicted octanol–water partition coefficient (Wildman–Crippen LogP) is -0.257. The third-order valence-corrected chi connectivity index (χ3v) is 6.52. The zero-order valence-corrected chi connectivity index (χ0v) is 14.2. The molecule has 1 aromatic carbocycles. The Morgan fingerprint density at radius 3 is 2.24 bits per heavy atom. The number of nitrogens with zero attached hydrogens (tertiary/aromatic N) is 1. The van der Waals surface area contributed by atoms with Crippen molar-refractivity contribution < 1.29 is 16.8 Å². The van der Waals surface area contributed by atoms with Gasteiger partial charge in [-0.2, -0.15) is 4.31 Å². The second-order valence-electron chi connectivity index (χ2n) is 4.56. The lowest BCUT2D eigenvalue weighted by molar-refractivity contribution is 0.466. The quantitative estimate of drug-likeness (QED) is 0.716. The van der Waals surface area contributed by atoms with Crippen molar-refractivity contribution in [2.45, 2.75) is 16.7 Å². The predicted molar refractivity (Wildman–Crippen MR) is 81.2 cm³/mol. The van der Waals surface area contributed by atoms with Crippen molar-refractivity contribution in [3.8, 4) is 0 Å². The second-order valence-corrected chi connectivity index (χ2v) is 8.46. The van der Waals surface area contributed by atoms with E-state index in [1.165, 1.54) is 36.6 Å². The van der Waals surface area contributed by atoms with Gasteiger partial charge in [-0.05, 0) is 44.8 Å². The standard InChI is InChI=1S/C12H21N3O4S2/c1-10-9-11(5-6-12(10)20(16,17)14-3)21(18,19)15(4)8-7-13-2/h5-6,9,13-14H,7-8H2,1-4H3. The SMILES string of the molecule is CNCCN(C)S(=O)(=O)c1ccc(S(=O)(=O)NC)c(C)c1. The van der Waals surface area contributed by atoms with Crippen LogP contribution in [0.2, 0.25) is 0 Å². The summed E-state index contributed by atoms with van der Waals surface area (Å²) in [5.41, 5.74) is 0.382. The van der Waals surface area contributed by atoms with Gasteiger partial charge in [0, 0.05) is 20.1 Å². The van der Waals surface area contributed by atoms with Crippen molar-refractivity contribution in [2.24, 2.45) is 0 Å². The maximum Gasteiger partial charge on any atom is 0.242 e. The molecule has 0 atom stereocenters. The first-order chi connectivity index (χ1) is 9.66. The van der Waals surface area contributed by atoms with Crippen LogP contribution in [0.1, 0.15) is 5.56 Å². The lowest BCUT2D eigenvalue weighted by Crippen LogP contribution is -2.33. The van der Waals surface area contributed by atoms with E-state index >= 15 is 0 Å². The van der Waals surface area contributed by atoms with E-state index in [0.717, 1.165) is 0 Å². The lowest BCUT2D eigenvalue weighted by Gasteiger charge is -2.18. The van der Waals surface area contributed by atoms with Crippen molar-refractivity contribution in [1.29, 1.82) is 0 Å². The number of aryl methyl sites for hydroxylation is 1. The van der Waals surface area contributed by atoms with Gasteiger partial charge >= 0.3 is 0 Å². The summed E-state index contributed by atoms with van der Waals surface area (Å²) in [7, 11) is -2.68. The van der Waals surface area contributed by atoms with E-state index < -0.39 is 20.0 Å². The van der Waals surface area contributed by atoms with Gasteiger partial charge in [0.25, 0.3) is 0 Å². The molecular formula is C12H21N3O4S2. The minimum atomic E-state index is -3.62. The van der Waals surface area contributed by atoms with E-state index in [4.69, 9.17) is 0 Å². The number of hydrogen-bond donors (Lipinski definition) is 2. The number of rotatable bonds is 7. The normalized spacial score (nSPS) is 12.8. The first-order valence-electron chi connectivity index (χ1n) is 6.32. The zero-order chi connectivity index (χ0) is 16.3. The van der Waals surface area contributed by atoms with Gasteiger partial charge in [-0.25, -0.2) is 21.6 Å². The van der Waals surface area contributed by atoms with Crippen LogP contribution in [-0.4, -0.2) is 55.4 Å². The van der Waals surface area contributed by atoms with Crippen LogP contribution in [0.15, 0.2) is 28.0 Å². The molecule has 0 saturated heterocycles. The summed E-state index contributed by atoms with van der Waals surface area (Å²) in [5, 5.41) is 2.88. The number of hydrogen-bond acceptors (Lipinski definition) is 5. The van der Waals surface area contributed by atoms with Crippen LogP contribution in [0.3, 0.4) is 0 Å². The maximum absolute atomic E-state index is 12.4. The van der Waals surface area contributed by atoms with Gasteiger partial charge in [-0.1, -0.05) is 0 Å². The second kappa shape index (κ2) is 6.84. The highest BCUT2D eigenvalue weighted by Gasteiger charge is 2.23. The molecule has 0 fully saturated rings. The van der Waals surface area contributed by atoms with Crippen LogP contribution in [0.5, 0.6) is 0 Å². The fourth-order valence-corrected chi connectivity index (χ4v) is 3.97. The van der Waals surface area contributed by atoms with Crippen molar-refractivity contribution in [2.75, 3.05) is 34.2 Å². The lowest BCUT2D eigenvalue weighted by atomic mass is 10.2. The summed E-state index contributed by atoms with van der Waals surface area (Å²) in [6, 6.07) is 3.98. The van der Waals surface area contributed by atoms with Crippen molar-refractivity contribution in [1.82, 2.24) is 14.3 Å². The molecule has 0 spiro atoms. The summed E-state index contributed by atoms with van der Waals surface area (Å²) in [4.78, 5) is 0.149. The molecule has 0 heterocycles. The molecular weight excluding hydrogens is 314 g/mol. The Hall–Kier alpha value is -1.00. The van der Waals surface area contributed by atoms with E-state index in [0.29, 0.717) is 18.7 Å². The molecule has 2 N–H and O–H groups in total. The van der Waals surface area contributed by atoms with E-state index in [-0.39, 0.29) is 9.79 Å². The summed E-state index contributed by atoms with van der Waals surface area (Å²) >= 11 is 0. The fraction of sp³-hybridized carbons (Fsp3) is 0.500. The minimum absolute atomic E-state index is 0.0711. The highest BCUT2D eigenvalue weighted by atomic mass is 32.2. The molecule has 0 radical (unpaired) electrons. The van der Waals surface area contributed by atoms with Crippen molar-refractivity contribution >= 4 is 20.0 Å². The van der Waals surface area contributed by atoms with Gasteiger partial charge in [0.15, 0.2) is 0 Å². The average Bonchev–Trinajstić information content (AvgIpc) is 2.44. The Morgan fingerprint density at radius 2 is 1.76 bits per heavy atom. The maximum atomic E-state index is 12.4. The van der Waals surface area contributed by atoms with Gasteiger partial charge < -0.3 is 5.32 Å². The van der Waals surface area contributed by atoms with Crippen LogP contribution in [0.4, 0.5) is 0 Å². The molecule has 21 heavy (non-hydrogen) atoms. The molecule has 1 aromatic rings. The minimum Gasteiger partial charge on any atom is -0.318 e. The summed E-state index contributed by atoms with van der Waals surface area (Å²) in [6.07, 6.45) is 0. The molecule has 120 valence electrons. The van der Waals surface area contributed by atoms with E-state index in [1.54, 1.807) is 14.0 Å². The third-order valence-electron chi connectivity index (χ3n) is 3.09. The molecule has 0 aliphatic heterocycles. The number of likely N-dealkylation sites (N-methyl/N-ethyl adjacent to an activating group) is 2. The molecule has 1 rings (SSSR count). The smallest absolute Gasteiger partial charge is 0.242 e. The van der Waals surface area contributed by atoms with Gasteiger partial charge in [-0.15, -0.1) is 0 Å². The molecule has 0 unspecified atom stereocenters. The van der Waals surface area contributed by atoms with Crippen molar-refractivity contribution in [3.63, 3.8) is 0 Å². The third kappa shape index (κ3) is 4.01. The number of nitrogens with one attached hydrogen (secondary N) is 2. The number of sulfonamides is 2. The average molecular weight is 335 g/mol. The van der Waals surface area contributed by atoms with Crippen LogP contribution < -0.4 is 10.0 Å². The highest BCUT2D eigenvalue weighted by molar-refractivity contribution is 7.89. The molecule has 0 saturated carbocycles. The first kappa shape index (κ1) is 18.1. The van der Waals surface area contributed by atoms with Crippen LogP contribution in [0, 0.1) is 6.92 Å². The van der Waals surface area contributed by atoms with Crippen molar-refractivity contribution in [3.05, 3.63) is 23.8 Å². The zero-order valence-electron chi connectivity index (χ0n) is 12.5. The highest BCUT2D eigenvalue weighted by Crippen LogP contribution is 2.21. The van der Waals surface area contributed by atoms with E-state index in [9.17, 15) is 16.8 Å². The van der Waals surface area contributed by atoms with Crippen LogP contribution in [-0.2, 0) is 20.0 Å².